The van der Waals surface area contributed by atoms with Gasteiger partial charge in [0.2, 0.25) is 20.8 Å². The molecule has 112 valence electrons. The van der Waals surface area contributed by atoms with Crippen molar-refractivity contribution >= 4 is 21.3 Å². The van der Waals surface area contributed by atoms with Gasteiger partial charge in [0.05, 0.1) is 4.92 Å². The van der Waals surface area contributed by atoms with E-state index in [0.29, 0.717) is 5.56 Å². The number of nitrogens with zero attached hydrogens (tertiary/aromatic N) is 3. The topological polar surface area (TPSA) is 129 Å². The lowest BCUT2D eigenvalue weighted by atomic mass is 10.2. The molecule has 0 fully saturated rings. The summed E-state index contributed by atoms with van der Waals surface area (Å²) in [6.45, 7) is 0. The molecule has 22 heavy (non-hydrogen) atoms. The molecule has 0 saturated carbocycles. The van der Waals surface area contributed by atoms with Gasteiger partial charge in [0.1, 0.15) is 0 Å². The van der Waals surface area contributed by atoms with Gasteiger partial charge in [0.15, 0.2) is 5.69 Å². The Balaban J connectivity index is 2.65. The van der Waals surface area contributed by atoms with Crippen molar-refractivity contribution < 1.29 is 13.3 Å². The fourth-order valence-electron chi connectivity index (χ4n) is 1.54. The summed E-state index contributed by atoms with van der Waals surface area (Å²) in [6, 6.07) is 8.67. The van der Waals surface area contributed by atoms with Crippen LogP contribution in [0.2, 0.25) is 0 Å². The van der Waals surface area contributed by atoms with Crippen LogP contribution < -0.4 is 5.73 Å². The van der Waals surface area contributed by atoms with Crippen molar-refractivity contribution in [2.24, 2.45) is 0 Å². The number of nitrogens with two attached hydrogens (primary N) is 1. The van der Waals surface area contributed by atoms with E-state index in [1.807, 2.05) is 0 Å². The fourth-order valence-corrected chi connectivity index (χ4v) is 2.06. The summed E-state index contributed by atoms with van der Waals surface area (Å²) in [4.78, 5) is 17.3. The Hall–Kier alpha value is -2.99. The van der Waals surface area contributed by atoms with Gasteiger partial charge in [-0.3, -0.25) is 10.1 Å². The molecule has 0 bridgehead atoms. The first-order valence-electron chi connectivity index (χ1n) is 5.88. The summed E-state index contributed by atoms with van der Waals surface area (Å²) in [5, 5.41) is 10.4. The summed E-state index contributed by atoms with van der Waals surface area (Å²) in [6.07, 6.45) is 0.877. The number of rotatable bonds is 2. The normalized spacial score (nSPS) is 10.6. The van der Waals surface area contributed by atoms with Crippen LogP contribution in [0.4, 0.5) is 11.5 Å². The van der Waals surface area contributed by atoms with Gasteiger partial charge in [-0.1, -0.05) is 24.1 Å². The van der Waals surface area contributed by atoms with Crippen LogP contribution in [0.1, 0.15) is 11.3 Å². The highest BCUT2D eigenvalue weighted by Gasteiger charge is 2.25. The highest BCUT2D eigenvalue weighted by molar-refractivity contribution is 7.90. The SMILES string of the molecule is CS(=O)(=O)c1nc(N)c([N+](=O)[O-])c(C#Cc2ccccc2)n1. The van der Waals surface area contributed by atoms with Crippen LogP contribution in [-0.2, 0) is 9.84 Å². The molecule has 2 rings (SSSR count). The van der Waals surface area contributed by atoms with Crippen molar-refractivity contribution in [1.29, 1.82) is 0 Å². The molecule has 0 unspecified atom stereocenters. The monoisotopic (exact) mass is 318 g/mol. The van der Waals surface area contributed by atoms with E-state index < -0.39 is 31.4 Å². The van der Waals surface area contributed by atoms with Gasteiger partial charge in [-0.25, -0.2) is 13.4 Å². The number of anilines is 1. The van der Waals surface area contributed by atoms with Crippen molar-refractivity contribution in [2.75, 3.05) is 12.0 Å². The fraction of sp³-hybridized carbons (Fsp3) is 0.0769. The molecule has 0 aliphatic rings. The number of hydrogen-bond acceptors (Lipinski definition) is 7. The first kappa shape index (κ1) is 15.4. The molecule has 1 aromatic carbocycles. The van der Waals surface area contributed by atoms with Crippen LogP contribution in [0, 0.1) is 22.0 Å². The molecule has 8 nitrogen and oxygen atoms in total. The maximum atomic E-state index is 11.5. The molecule has 1 heterocycles. The third kappa shape index (κ3) is 3.36. The van der Waals surface area contributed by atoms with Crippen molar-refractivity contribution in [3.05, 3.63) is 51.7 Å². The highest BCUT2D eigenvalue weighted by Crippen LogP contribution is 2.23. The van der Waals surface area contributed by atoms with E-state index in [1.165, 1.54) is 0 Å². The van der Waals surface area contributed by atoms with Crippen LogP contribution in [0.25, 0.3) is 0 Å². The lowest BCUT2D eigenvalue weighted by Gasteiger charge is -2.02. The molecule has 0 spiro atoms. The van der Waals surface area contributed by atoms with Gasteiger partial charge in [-0.05, 0) is 18.1 Å². The van der Waals surface area contributed by atoms with Crippen LogP contribution in [0.5, 0.6) is 0 Å². The van der Waals surface area contributed by atoms with Gasteiger partial charge in [0.25, 0.3) is 0 Å². The zero-order chi connectivity index (χ0) is 16.3. The van der Waals surface area contributed by atoms with Crippen LogP contribution in [-0.4, -0.2) is 29.6 Å². The Bertz CT molecular complexity index is 899. The average molecular weight is 318 g/mol. The summed E-state index contributed by atoms with van der Waals surface area (Å²) in [5.74, 6) is 4.60. The van der Waals surface area contributed by atoms with E-state index in [-0.39, 0.29) is 5.69 Å². The van der Waals surface area contributed by atoms with E-state index in [2.05, 4.69) is 21.8 Å². The lowest BCUT2D eigenvalue weighted by molar-refractivity contribution is -0.384. The molecule has 1 aromatic heterocycles. The molecular formula is C13H10N4O4S. The number of nitrogen functional groups attached to an aromatic ring is 1. The van der Waals surface area contributed by atoms with Gasteiger partial charge < -0.3 is 5.73 Å². The lowest BCUT2D eigenvalue weighted by Crippen LogP contribution is -2.11. The van der Waals surface area contributed by atoms with E-state index >= 15 is 0 Å². The zero-order valence-electron chi connectivity index (χ0n) is 11.3. The van der Waals surface area contributed by atoms with Gasteiger partial charge >= 0.3 is 5.69 Å². The summed E-state index contributed by atoms with van der Waals surface area (Å²) in [7, 11) is -3.77. The van der Waals surface area contributed by atoms with E-state index in [0.717, 1.165) is 6.26 Å². The first-order valence-corrected chi connectivity index (χ1v) is 7.77. The predicted octanol–water partition coefficient (Wildman–Crippen LogP) is 0.770. The molecule has 2 aromatic rings. The zero-order valence-corrected chi connectivity index (χ0v) is 12.2. The number of benzene rings is 1. The molecule has 2 N–H and O–H groups in total. The largest absolute Gasteiger partial charge is 0.378 e. The van der Waals surface area contributed by atoms with Crippen LogP contribution >= 0.6 is 0 Å². The Morgan fingerprint density at radius 1 is 1.18 bits per heavy atom. The predicted molar refractivity (Wildman–Crippen MR) is 78.6 cm³/mol. The van der Waals surface area contributed by atoms with E-state index in [9.17, 15) is 18.5 Å². The first-order chi connectivity index (χ1) is 10.3. The maximum Gasteiger partial charge on any atom is 0.345 e. The van der Waals surface area contributed by atoms with Crippen LogP contribution in [0.15, 0.2) is 35.5 Å². The van der Waals surface area contributed by atoms with Gasteiger partial charge in [-0.15, -0.1) is 0 Å². The molecule has 0 radical (unpaired) electrons. The van der Waals surface area contributed by atoms with E-state index in [4.69, 9.17) is 5.73 Å². The Kier molecular flexibility index (Phi) is 4.05. The van der Waals surface area contributed by atoms with Gasteiger partial charge in [-0.2, -0.15) is 4.98 Å². The molecular weight excluding hydrogens is 308 g/mol. The second-order valence-corrected chi connectivity index (χ2v) is 6.14. The van der Waals surface area contributed by atoms with Crippen LogP contribution in [0.3, 0.4) is 0 Å². The van der Waals surface area contributed by atoms with Gasteiger partial charge in [0, 0.05) is 11.8 Å². The van der Waals surface area contributed by atoms with Crippen molar-refractivity contribution in [1.82, 2.24) is 9.97 Å². The average Bonchev–Trinajstić information content (AvgIpc) is 2.44. The number of aromatic nitrogens is 2. The quantitative estimate of drug-likeness (QED) is 0.374. The number of sulfone groups is 1. The molecule has 9 heteroatoms. The van der Waals surface area contributed by atoms with E-state index in [1.54, 1.807) is 30.3 Å². The molecule has 0 atom stereocenters. The Morgan fingerprint density at radius 3 is 2.36 bits per heavy atom. The Labute approximate surface area is 126 Å². The highest BCUT2D eigenvalue weighted by atomic mass is 32.2. The van der Waals surface area contributed by atoms with Crippen molar-refractivity contribution in [2.45, 2.75) is 5.16 Å². The third-order valence-electron chi connectivity index (χ3n) is 2.50. The smallest absolute Gasteiger partial charge is 0.345 e. The van der Waals surface area contributed by atoms with Crippen molar-refractivity contribution in [3.63, 3.8) is 0 Å². The minimum absolute atomic E-state index is 0.346. The second kappa shape index (κ2) is 5.79. The Morgan fingerprint density at radius 2 is 1.82 bits per heavy atom. The second-order valence-electron chi connectivity index (χ2n) is 4.23. The minimum atomic E-state index is -3.77. The molecule has 0 amide bonds. The third-order valence-corrected chi connectivity index (χ3v) is 3.35. The summed E-state index contributed by atoms with van der Waals surface area (Å²) >= 11 is 0. The standard InChI is InChI=1S/C13H10N4O4S/c1-22(20,21)13-15-10(11(17(18)19)12(14)16-13)8-7-9-5-3-2-4-6-9/h2-6H,1H3,(H2,14,15,16). The minimum Gasteiger partial charge on any atom is -0.378 e. The summed E-state index contributed by atoms with van der Waals surface area (Å²) in [5.41, 5.74) is 5.10. The number of hydrogen-bond donors (Lipinski definition) is 1. The molecule has 0 saturated heterocycles. The summed E-state index contributed by atoms with van der Waals surface area (Å²) < 4.78 is 23.0. The number of nitro groups is 1. The molecule has 0 aliphatic carbocycles. The molecule has 0 aliphatic heterocycles. The maximum absolute atomic E-state index is 11.5. The van der Waals surface area contributed by atoms with Crippen molar-refractivity contribution in [3.8, 4) is 11.8 Å².